The minimum Gasteiger partial charge on any atom is -0.507 e. The van der Waals surface area contributed by atoms with Crippen LogP contribution < -0.4 is 4.74 Å². The zero-order chi connectivity index (χ0) is 24.1. The molecule has 1 saturated carbocycles. The molecule has 1 aromatic carbocycles. The van der Waals surface area contributed by atoms with Gasteiger partial charge < -0.3 is 9.84 Å². The third kappa shape index (κ3) is 3.75. The molecule has 0 unspecified atom stereocenters. The molecule has 2 aliphatic carbocycles. The molecule has 174 valence electrons. The standard InChI is InChI=1S/C27H27FN4O2/c1-16(20-13-26(2)8-9-27(3,15-26)24(20)28)21-14-30-25(32-31-21)19-6-5-17(11-22(19)33)18-7-10-29-23(12-18)34-4/h5-12,14,20,24,33H,1,13,15H2,2-4H3/t20-,24+,26+,27+/m0/s1. The van der Waals surface area contributed by atoms with Gasteiger partial charge in [0, 0.05) is 23.6 Å². The lowest BCUT2D eigenvalue weighted by Crippen LogP contribution is -2.41. The average molecular weight is 459 g/mol. The Labute approximate surface area is 198 Å². The summed E-state index contributed by atoms with van der Waals surface area (Å²) in [7, 11) is 1.55. The first-order chi connectivity index (χ1) is 16.2. The predicted octanol–water partition coefficient (Wildman–Crippen LogP) is 5.66. The summed E-state index contributed by atoms with van der Waals surface area (Å²) in [4.78, 5) is 8.51. The van der Waals surface area contributed by atoms with E-state index < -0.39 is 11.6 Å². The largest absolute Gasteiger partial charge is 0.507 e. The number of benzene rings is 1. The molecule has 0 amide bonds. The predicted molar refractivity (Wildman–Crippen MR) is 129 cm³/mol. The number of phenolic OH excluding ortho intramolecular Hbond substituents is 1. The second kappa shape index (κ2) is 8.01. The average Bonchev–Trinajstić information content (AvgIpc) is 3.12. The molecular formula is C27H27FN4O2. The Kier molecular flexibility index (Phi) is 5.23. The molecule has 0 aliphatic heterocycles. The maximum atomic E-state index is 15.4. The SMILES string of the molecule is C=C(c1cnc(-c2ccc(-c3ccnc(OC)c3)cc2O)nn1)[C@@H]1C[C@@]2(C)C=C[C@](C)(C2)[C@@H]1F. The van der Waals surface area contributed by atoms with Crippen molar-refractivity contribution in [2.45, 2.75) is 32.9 Å². The van der Waals surface area contributed by atoms with Gasteiger partial charge in [0.25, 0.3) is 0 Å². The molecule has 2 aliphatic rings. The number of rotatable bonds is 5. The molecular weight excluding hydrogens is 431 g/mol. The van der Waals surface area contributed by atoms with Crippen LogP contribution in [0.4, 0.5) is 4.39 Å². The zero-order valence-corrected chi connectivity index (χ0v) is 19.5. The van der Waals surface area contributed by atoms with Gasteiger partial charge in [-0.15, -0.1) is 10.2 Å². The Balaban J connectivity index is 1.38. The topological polar surface area (TPSA) is 81.0 Å². The van der Waals surface area contributed by atoms with E-state index in [9.17, 15) is 5.11 Å². The highest BCUT2D eigenvalue weighted by molar-refractivity contribution is 5.73. The number of allylic oxidation sites excluding steroid dienone is 3. The van der Waals surface area contributed by atoms with Gasteiger partial charge in [-0.1, -0.05) is 38.6 Å². The Bertz CT molecular complexity index is 1290. The highest BCUT2D eigenvalue weighted by Crippen LogP contribution is 2.58. The van der Waals surface area contributed by atoms with E-state index in [1.165, 1.54) is 0 Å². The first-order valence-electron chi connectivity index (χ1n) is 11.3. The monoisotopic (exact) mass is 458 g/mol. The fourth-order valence-corrected chi connectivity index (χ4v) is 5.41. The van der Waals surface area contributed by atoms with Crippen LogP contribution in [0, 0.1) is 16.7 Å². The number of halogens is 1. The number of methoxy groups -OCH3 is 1. The number of alkyl halides is 1. The second-order valence-electron chi connectivity index (χ2n) is 9.89. The molecule has 0 saturated heterocycles. The van der Waals surface area contributed by atoms with E-state index in [4.69, 9.17) is 4.74 Å². The Morgan fingerprint density at radius 1 is 1.12 bits per heavy atom. The summed E-state index contributed by atoms with van der Waals surface area (Å²) in [5, 5.41) is 19.2. The smallest absolute Gasteiger partial charge is 0.213 e. The fourth-order valence-electron chi connectivity index (χ4n) is 5.41. The van der Waals surface area contributed by atoms with E-state index in [0.29, 0.717) is 29.1 Å². The van der Waals surface area contributed by atoms with Crippen molar-refractivity contribution in [1.82, 2.24) is 20.2 Å². The normalized spacial score (nSPS) is 27.5. The fraction of sp³-hybridized carbons (Fsp3) is 0.333. The van der Waals surface area contributed by atoms with Gasteiger partial charge in [-0.05, 0) is 53.2 Å². The van der Waals surface area contributed by atoms with Crippen molar-refractivity contribution in [3.63, 3.8) is 0 Å². The van der Waals surface area contributed by atoms with Crippen molar-refractivity contribution in [2.75, 3.05) is 7.11 Å². The lowest BCUT2D eigenvalue weighted by molar-refractivity contribution is 0.0453. The first-order valence-corrected chi connectivity index (χ1v) is 11.3. The Morgan fingerprint density at radius 3 is 2.62 bits per heavy atom. The van der Waals surface area contributed by atoms with E-state index in [0.717, 1.165) is 17.5 Å². The lowest BCUT2D eigenvalue weighted by Gasteiger charge is -2.44. The minimum atomic E-state index is -1.03. The summed E-state index contributed by atoms with van der Waals surface area (Å²) in [5.74, 6) is 0.464. The maximum Gasteiger partial charge on any atom is 0.213 e. The van der Waals surface area contributed by atoms with Gasteiger partial charge in [0.15, 0.2) is 5.82 Å². The molecule has 0 spiro atoms. The quantitative estimate of drug-likeness (QED) is 0.497. The molecule has 1 fully saturated rings. The molecule has 2 bridgehead atoms. The number of nitrogens with zero attached hydrogens (tertiary/aromatic N) is 4. The third-order valence-corrected chi connectivity index (χ3v) is 7.17. The zero-order valence-electron chi connectivity index (χ0n) is 19.5. The van der Waals surface area contributed by atoms with E-state index in [1.54, 1.807) is 37.7 Å². The molecule has 2 heterocycles. The number of hydrogen-bond donors (Lipinski definition) is 1. The summed E-state index contributed by atoms with van der Waals surface area (Å²) in [6.45, 7) is 8.30. The van der Waals surface area contributed by atoms with Crippen LogP contribution in [0.15, 0.2) is 61.5 Å². The van der Waals surface area contributed by atoms with Crippen molar-refractivity contribution in [1.29, 1.82) is 0 Å². The highest BCUT2D eigenvalue weighted by atomic mass is 19.1. The summed E-state index contributed by atoms with van der Waals surface area (Å²) in [6, 6.07) is 8.87. The summed E-state index contributed by atoms with van der Waals surface area (Å²) >= 11 is 0. The number of phenols is 1. The molecule has 0 radical (unpaired) electrons. The van der Waals surface area contributed by atoms with Crippen molar-refractivity contribution in [2.24, 2.45) is 16.7 Å². The van der Waals surface area contributed by atoms with Crippen molar-refractivity contribution in [3.05, 3.63) is 67.2 Å². The van der Waals surface area contributed by atoms with Gasteiger partial charge in [-0.25, -0.2) is 14.4 Å². The number of fused-ring (bicyclic) bond motifs is 2. The van der Waals surface area contributed by atoms with E-state index in [1.807, 2.05) is 25.1 Å². The van der Waals surface area contributed by atoms with Gasteiger partial charge in [0.05, 0.1) is 18.9 Å². The number of pyridine rings is 1. The molecule has 3 aromatic rings. The van der Waals surface area contributed by atoms with Crippen LogP contribution in [-0.2, 0) is 0 Å². The molecule has 5 rings (SSSR count). The number of hydrogen-bond acceptors (Lipinski definition) is 6. The number of ether oxygens (including phenoxy) is 1. The van der Waals surface area contributed by atoms with Gasteiger partial charge in [0.2, 0.25) is 5.88 Å². The van der Waals surface area contributed by atoms with Gasteiger partial charge in [-0.3, -0.25) is 0 Å². The van der Waals surface area contributed by atoms with E-state index in [-0.39, 0.29) is 22.9 Å². The second-order valence-corrected chi connectivity index (χ2v) is 9.89. The molecule has 4 atom stereocenters. The summed E-state index contributed by atoms with van der Waals surface area (Å²) < 4.78 is 20.6. The van der Waals surface area contributed by atoms with Crippen LogP contribution in [0.1, 0.15) is 32.4 Å². The highest BCUT2D eigenvalue weighted by Gasteiger charge is 2.53. The molecule has 2 aromatic heterocycles. The van der Waals surface area contributed by atoms with Crippen LogP contribution in [-0.4, -0.2) is 38.6 Å². The molecule has 1 N–H and O–H groups in total. The minimum absolute atomic E-state index is 0.0289. The number of aromatic nitrogens is 4. The van der Waals surface area contributed by atoms with Crippen molar-refractivity contribution >= 4 is 5.57 Å². The van der Waals surface area contributed by atoms with Crippen molar-refractivity contribution < 1.29 is 14.2 Å². The molecule has 6 nitrogen and oxygen atoms in total. The molecule has 34 heavy (non-hydrogen) atoms. The third-order valence-electron chi connectivity index (χ3n) is 7.17. The first kappa shape index (κ1) is 22.2. The Hall–Kier alpha value is -3.61. The van der Waals surface area contributed by atoms with Crippen LogP contribution in [0.3, 0.4) is 0 Å². The summed E-state index contributed by atoms with van der Waals surface area (Å²) in [6.07, 6.45) is 7.85. The van der Waals surface area contributed by atoms with E-state index in [2.05, 4.69) is 39.7 Å². The number of aromatic hydroxyl groups is 1. The van der Waals surface area contributed by atoms with Crippen LogP contribution >= 0.6 is 0 Å². The summed E-state index contributed by atoms with van der Waals surface area (Å²) in [5.41, 5.74) is 2.70. The van der Waals surface area contributed by atoms with Crippen LogP contribution in [0.25, 0.3) is 28.1 Å². The van der Waals surface area contributed by atoms with Gasteiger partial charge in [-0.2, -0.15) is 0 Å². The van der Waals surface area contributed by atoms with Crippen LogP contribution in [0.2, 0.25) is 0 Å². The van der Waals surface area contributed by atoms with E-state index >= 15 is 4.39 Å². The maximum absolute atomic E-state index is 15.4. The van der Waals surface area contributed by atoms with Crippen LogP contribution in [0.5, 0.6) is 11.6 Å². The Morgan fingerprint density at radius 2 is 1.91 bits per heavy atom. The van der Waals surface area contributed by atoms with Gasteiger partial charge >= 0.3 is 0 Å². The van der Waals surface area contributed by atoms with Crippen molar-refractivity contribution in [3.8, 4) is 34.1 Å². The molecule has 7 heteroatoms. The lowest BCUT2D eigenvalue weighted by atomic mass is 9.62. The van der Waals surface area contributed by atoms with Gasteiger partial charge in [0.1, 0.15) is 17.6 Å².